The van der Waals surface area contributed by atoms with Crippen molar-refractivity contribution in [2.24, 2.45) is 0 Å². The van der Waals surface area contributed by atoms with E-state index in [0.29, 0.717) is 6.61 Å². The molecule has 0 aromatic carbocycles. The van der Waals surface area contributed by atoms with Gasteiger partial charge in [-0.3, -0.25) is 0 Å². The van der Waals surface area contributed by atoms with Crippen molar-refractivity contribution >= 4 is 7.85 Å². The molecule has 0 aliphatic carbocycles. The van der Waals surface area contributed by atoms with Gasteiger partial charge in [-0.2, -0.15) is 0 Å². The van der Waals surface area contributed by atoms with Crippen molar-refractivity contribution < 1.29 is 19.3 Å². The Bertz CT molecular complexity index is 222. The smallest absolute Gasteiger partial charge is 0.159 e. The lowest BCUT2D eigenvalue weighted by molar-refractivity contribution is -0.137. The zero-order valence-corrected chi connectivity index (χ0v) is 7.18. The predicted octanol–water partition coefficient (Wildman–Crippen LogP) is -0.830. The summed E-state index contributed by atoms with van der Waals surface area (Å²) in [5, 5.41) is 9.18. The van der Waals surface area contributed by atoms with E-state index in [1.807, 2.05) is 0 Å². The Kier molecular flexibility index (Phi) is 2.10. The molecule has 2 aliphatic heterocycles. The fourth-order valence-electron chi connectivity index (χ4n) is 1.89. The van der Waals surface area contributed by atoms with Crippen LogP contribution in [-0.2, 0) is 14.2 Å². The number of rotatable bonds is 3. The minimum Gasteiger partial charge on any atom is -0.493 e. The molecule has 2 heterocycles. The molecule has 70 valence electrons. The van der Waals surface area contributed by atoms with E-state index in [4.69, 9.17) is 22.1 Å². The number of aliphatic hydroxyl groups excluding tert-OH is 1. The first-order valence-electron chi connectivity index (χ1n) is 4.16. The molecule has 4 atom stereocenters. The zero-order valence-electron chi connectivity index (χ0n) is 7.18. The maximum atomic E-state index is 9.18. The summed E-state index contributed by atoms with van der Waals surface area (Å²) in [4.78, 5) is 0. The van der Waals surface area contributed by atoms with Crippen molar-refractivity contribution in [2.45, 2.75) is 23.8 Å². The summed E-state index contributed by atoms with van der Waals surface area (Å²) >= 11 is 0. The number of aliphatic hydroxyl groups is 1. The minimum atomic E-state index is -0.793. The van der Waals surface area contributed by atoms with Gasteiger partial charge in [0.1, 0.15) is 14.0 Å². The molecule has 0 amide bonds. The second-order valence-electron chi connectivity index (χ2n) is 3.30. The summed E-state index contributed by atoms with van der Waals surface area (Å²) in [5.74, 6) is 0. The molecule has 2 rings (SSSR count). The van der Waals surface area contributed by atoms with Crippen LogP contribution in [0.25, 0.3) is 0 Å². The monoisotopic (exact) mass is 182 g/mol. The van der Waals surface area contributed by atoms with E-state index in [1.165, 1.54) is 6.26 Å². The predicted molar refractivity (Wildman–Crippen MR) is 45.3 cm³/mol. The first-order chi connectivity index (χ1) is 6.23. The average molecular weight is 182 g/mol. The van der Waals surface area contributed by atoms with Crippen LogP contribution >= 0.6 is 0 Å². The fourth-order valence-corrected chi connectivity index (χ4v) is 1.89. The topological polar surface area (TPSA) is 47.9 Å². The van der Waals surface area contributed by atoms with Crippen molar-refractivity contribution in [1.29, 1.82) is 0 Å². The standard InChI is InChI=1S/C8H11BO4/c1-2-11-6-5-7(9)13-8(6,3-10)4-12-5/h2,5-7,10H,1,3-4H2. The van der Waals surface area contributed by atoms with Crippen LogP contribution in [-0.4, -0.2) is 50.0 Å². The van der Waals surface area contributed by atoms with Crippen LogP contribution in [0.5, 0.6) is 0 Å². The molecule has 2 radical (unpaired) electrons. The van der Waals surface area contributed by atoms with Crippen LogP contribution in [0.3, 0.4) is 0 Å². The highest BCUT2D eigenvalue weighted by Crippen LogP contribution is 2.40. The van der Waals surface area contributed by atoms with Crippen molar-refractivity contribution in [3.8, 4) is 0 Å². The summed E-state index contributed by atoms with van der Waals surface area (Å²) in [6.07, 6.45) is 0.674. The maximum Gasteiger partial charge on any atom is 0.159 e. The molecule has 0 saturated carbocycles. The molecule has 2 bridgehead atoms. The average Bonchev–Trinajstić information content (AvgIpc) is 2.59. The van der Waals surface area contributed by atoms with Gasteiger partial charge in [-0.1, -0.05) is 6.58 Å². The second-order valence-corrected chi connectivity index (χ2v) is 3.30. The van der Waals surface area contributed by atoms with Gasteiger partial charge in [-0.15, -0.1) is 0 Å². The Labute approximate surface area is 77.9 Å². The van der Waals surface area contributed by atoms with Crippen molar-refractivity contribution in [3.05, 3.63) is 12.8 Å². The summed E-state index contributed by atoms with van der Waals surface area (Å²) in [5.41, 5.74) is -0.793. The number of hydrogen-bond acceptors (Lipinski definition) is 4. The minimum absolute atomic E-state index is 0.157. The van der Waals surface area contributed by atoms with Gasteiger partial charge in [0.05, 0.1) is 19.5 Å². The normalized spacial score (nSPS) is 47.9. The third-order valence-electron chi connectivity index (χ3n) is 2.54. The van der Waals surface area contributed by atoms with Crippen LogP contribution in [0.2, 0.25) is 0 Å². The van der Waals surface area contributed by atoms with Crippen LogP contribution in [0.4, 0.5) is 0 Å². The fraction of sp³-hybridized carbons (Fsp3) is 0.750. The van der Waals surface area contributed by atoms with Gasteiger partial charge >= 0.3 is 0 Å². The van der Waals surface area contributed by atoms with Gasteiger partial charge in [0.25, 0.3) is 0 Å². The Balaban J connectivity index is 2.20. The molecule has 0 aromatic heterocycles. The first kappa shape index (κ1) is 9.06. The molecular weight excluding hydrogens is 171 g/mol. The lowest BCUT2D eigenvalue weighted by Crippen LogP contribution is -2.45. The van der Waals surface area contributed by atoms with Crippen molar-refractivity contribution in [3.63, 3.8) is 0 Å². The van der Waals surface area contributed by atoms with Crippen molar-refractivity contribution in [1.82, 2.24) is 0 Å². The second kappa shape index (κ2) is 3.01. The first-order valence-corrected chi connectivity index (χ1v) is 4.16. The molecule has 2 fully saturated rings. The van der Waals surface area contributed by atoms with E-state index < -0.39 is 11.6 Å². The summed E-state index contributed by atoms with van der Waals surface area (Å²) in [6.45, 7) is 3.62. The molecule has 1 N–H and O–H groups in total. The molecular formula is C8H11BO4. The van der Waals surface area contributed by atoms with Gasteiger partial charge in [0.2, 0.25) is 0 Å². The highest BCUT2D eigenvalue weighted by Gasteiger charge is 2.60. The molecule has 0 spiro atoms. The van der Waals surface area contributed by atoms with Gasteiger partial charge in [0.15, 0.2) is 11.7 Å². The van der Waals surface area contributed by atoms with Crippen LogP contribution in [0.15, 0.2) is 12.8 Å². The molecule has 5 heteroatoms. The largest absolute Gasteiger partial charge is 0.493 e. The van der Waals surface area contributed by atoms with E-state index in [0.717, 1.165) is 0 Å². The Morgan fingerprint density at radius 3 is 3.08 bits per heavy atom. The van der Waals surface area contributed by atoms with Crippen LogP contribution < -0.4 is 0 Å². The van der Waals surface area contributed by atoms with Crippen LogP contribution in [0, 0.1) is 0 Å². The summed E-state index contributed by atoms with van der Waals surface area (Å²) in [6, 6.07) is -0.522. The lowest BCUT2D eigenvalue weighted by Gasteiger charge is -2.27. The van der Waals surface area contributed by atoms with Crippen LogP contribution in [0.1, 0.15) is 0 Å². The lowest BCUT2D eigenvalue weighted by atomic mass is 9.92. The Hall–Kier alpha value is -0.515. The van der Waals surface area contributed by atoms with Gasteiger partial charge in [0, 0.05) is 6.00 Å². The van der Waals surface area contributed by atoms with E-state index in [2.05, 4.69) is 6.58 Å². The van der Waals surface area contributed by atoms with E-state index in [9.17, 15) is 5.11 Å². The third-order valence-corrected chi connectivity index (χ3v) is 2.54. The Morgan fingerprint density at radius 2 is 2.54 bits per heavy atom. The molecule has 4 nitrogen and oxygen atoms in total. The molecule has 2 saturated heterocycles. The molecule has 0 aromatic rings. The van der Waals surface area contributed by atoms with E-state index >= 15 is 0 Å². The number of ether oxygens (including phenoxy) is 3. The zero-order chi connectivity index (χ0) is 9.47. The van der Waals surface area contributed by atoms with E-state index in [-0.39, 0.29) is 18.8 Å². The maximum absolute atomic E-state index is 9.18. The molecule has 4 unspecified atom stereocenters. The summed E-state index contributed by atoms with van der Waals surface area (Å²) < 4.78 is 16.0. The third kappa shape index (κ3) is 1.11. The number of hydrogen-bond donors (Lipinski definition) is 1. The highest BCUT2D eigenvalue weighted by molar-refractivity contribution is 6.11. The molecule has 2 aliphatic rings. The highest BCUT2D eigenvalue weighted by atomic mass is 16.7. The number of fused-ring (bicyclic) bond motifs is 2. The van der Waals surface area contributed by atoms with E-state index in [1.54, 1.807) is 0 Å². The van der Waals surface area contributed by atoms with Gasteiger partial charge in [-0.25, -0.2) is 0 Å². The van der Waals surface area contributed by atoms with Gasteiger partial charge in [-0.05, 0) is 0 Å². The summed E-state index contributed by atoms with van der Waals surface area (Å²) in [7, 11) is 5.63. The SMILES string of the molecule is [B]C1OC2(CO)COC1C2OC=C. The van der Waals surface area contributed by atoms with Gasteiger partial charge < -0.3 is 19.3 Å². The molecule has 13 heavy (non-hydrogen) atoms. The Morgan fingerprint density at radius 1 is 1.77 bits per heavy atom. The van der Waals surface area contributed by atoms with Crippen molar-refractivity contribution in [2.75, 3.05) is 13.2 Å². The quantitative estimate of drug-likeness (QED) is 0.457.